The second-order valence-electron chi connectivity index (χ2n) is 9.43. The molecule has 0 saturated heterocycles. The summed E-state index contributed by atoms with van der Waals surface area (Å²) in [6, 6.07) is 35.5. The van der Waals surface area contributed by atoms with Crippen molar-refractivity contribution in [3.63, 3.8) is 0 Å². The predicted molar refractivity (Wildman–Crippen MR) is 160 cm³/mol. The molecule has 0 aliphatic rings. The second-order valence-corrected chi connectivity index (χ2v) is 10.3. The van der Waals surface area contributed by atoms with Crippen molar-refractivity contribution in [2.24, 2.45) is 5.73 Å². The number of ether oxygens (including phenoxy) is 1. The fourth-order valence-electron chi connectivity index (χ4n) is 5.07. The van der Waals surface area contributed by atoms with E-state index in [1.54, 1.807) is 12.1 Å². The van der Waals surface area contributed by atoms with Crippen LogP contribution in [-0.4, -0.2) is 10.5 Å². The maximum atomic E-state index is 12.4. The minimum Gasteiger partial charge on any atom is -0.489 e. The molecule has 5 aromatic carbocycles. The molecule has 39 heavy (non-hydrogen) atoms. The highest BCUT2D eigenvalue weighted by Gasteiger charge is 2.18. The summed E-state index contributed by atoms with van der Waals surface area (Å²) in [6.45, 7) is 1.06. The molecule has 0 aliphatic carbocycles. The van der Waals surface area contributed by atoms with Gasteiger partial charge in [-0.2, -0.15) is 0 Å². The first-order valence-electron chi connectivity index (χ1n) is 12.5. The fourth-order valence-corrected chi connectivity index (χ4v) is 5.59. The molecule has 6 heteroatoms. The Morgan fingerprint density at radius 2 is 1.56 bits per heavy atom. The Labute approximate surface area is 236 Å². The van der Waals surface area contributed by atoms with Crippen LogP contribution in [0, 0.1) is 0 Å². The Bertz CT molecular complexity index is 1840. The van der Waals surface area contributed by atoms with E-state index in [2.05, 4.69) is 22.8 Å². The van der Waals surface area contributed by atoms with Crippen LogP contribution in [-0.2, 0) is 13.2 Å². The molecule has 6 aromatic rings. The van der Waals surface area contributed by atoms with E-state index in [-0.39, 0.29) is 0 Å². The lowest BCUT2D eigenvalue weighted by atomic mass is 10.0. The minimum absolute atomic E-state index is 0.458. The number of aromatic nitrogens is 1. The van der Waals surface area contributed by atoms with E-state index < -0.39 is 5.91 Å². The van der Waals surface area contributed by atoms with Gasteiger partial charge in [0.1, 0.15) is 12.4 Å². The zero-order chi connectivity index (χ0) is 26.9. The SMILES string of the molecule is NC(=O)c1cccc2c1c1ccc(-c3ccc(Cl)cc3Cl)cc1n2Cc1cccc(OCc2ccccc2)c1. The third-order valence-electron chi connectivity index (χ3n) is 6.89. The number of hydrogen-bond donors (Lipinski definition) is 1. The average molecular weight is 551 g/mol. The molecular formula is C33H24Cl2N2O2. The Kier molecular flexibility index (Phi) is 6.74. The van der Waals surface area contributed by atoms with Crippen molar-refractivity contribution >= 4 is 50.9 Å². The number of fused-ring (bicyclic) bond motifs is 3. The Morgan fingerprint density at radius 3 is 2.36 bits per heavy atom. The number of carbonyl (C=O) groups excluding carboxylic acids is 1. The molecule has 0 aliphatic heterocycles. The molecule has 4 nitrogen and oxygen atoms in total. The van der Waals surface area contributed by atoms with E-state index in [4.69, 9.17) is 33.7 Å². The van der Waals surface area contributed by atoms with Gasteiger partial charge in [-0.3, -0.25) is 4.79 Å². The summed E-state index contributed by atoms with van der Waals surface area (Å²) in [4.78, 5) is 12.4. The van der Waals surface area contributed by atoms with Gasteiger partial charge >= 0.3 is 0 Å². The molecule has 0 bridgehead atoms. The number of primary amides is 1. The predicted octanol–water partition coefficient (Wildman–Crippen LogP) is 8.49. The Morgan fingerprint density at radius 1 is 0.769 bits per heavy atom. The lowest BCUT2D eigenvalue weighted by Gasteiger charge is -2.12. The van der Waals surface area contributed by atoms with Crippen LogP contribution in [0.25, 0.3) is 32.9 Å². The standard InChI is InChI=1S/C33H24Cl2N2O2/c34-24-13-15-26(29(35)18-24)23-12-14-27-31(17-23)37(30-11-5-10-28(32(27)30)33(36)38)19-22-8-4-9-25(16-22)39-20-21-6-2-1-3-7-21/h1-18H,19-20H2,(H2,36,38). The third-order valence-corrected chi connectivity index (χ3v) is 7.43. The molecule has 1 heterocycles. The molecule has 1 amide bonds. The quantitative estimate of drug-likeness (QED) is 0.216. The molecule has 0 fully saturated rings. The summed E-state index contributed by atoms with van der Waals surface area (Å²) in [7, 11) is 0. The largest absolute Gasteiger partial charge is 0.489 e. The Hall–Kier alpha value is -4.25. The van der Waals surface area contributed by atoms with Crippen LogP contribution in [0.5, 0.6) is 5.75 Å². The van der Waals surface area contributed by atoms with Gasteiger partial charge in [0.2, 0.25) is 5.91 Å². The highest BCUT2D eigenvalue weighted by Crippen LogP contribution is 2.37. The van der Waals surface area contributed by atoms with Crippen molar-refractivity contribution in [3.05, 3.63) is 136 Å². The molecule has 6 rings (SSSR count). The van der Waals surface area contributed by atoms with E-state index in [1.165, 1.54) is 0 Å². The van der Waals surface area contributed by atoms with Gasteiger partial charge in [-0.15, -0.1) is 0 Å². The van der Waals surface area contributed by atoms with Crippen LogP contribution in [0.2, 0.25) is 10.0 Å². The summed E-state index contributed by atoms with van der Waals surface area (Å²) in [6.07, 6.45) is 0. The highest BCUT2D eigenvalue weighted by molar-refractivity contribution is 6.36. The first kappa shape index (κ1) is 25.1. The number of nitrogens with two attached hydrogens (primary N) is 1. The van der Waals surface area contributed by atoms with Crippen LogP contribution in [0.4, 0.5) is 0 Å². The van der Waals surface area contributed by atoms with Crippen molar-refractivity contribution in [2.75, 3.05) is 0 Å². The van der Waals surface area contributed by atoms with Gasteiger partial charge in [0.05, 0.1) is 11.0 Å². The molecule has 0 unspecified atom stereocenters. The Balaban J connectivity index is 1.46. The van der Waals surface area contributed by atoms with Crippen molar-refractivity contribution < 1.29 is 9.53 Å². The van der Waals surface area contributed by atoms with E-state index in [1.807, 2.05) is 78.9 Å². The molecule has 0 atom stereocenters. The van der Waals surface area contributed by atoms with Crippen molar-refractivity contribution in [2.45, 2.75) is 13.2 Å². The fraction of sp³-hybridized carbons (Fsp3) is 0.0606. The number of nitrogens with zero attached hydrogens (tertiary/aromatic N) is 1. The monoisotopic (exact) mass is 550 g/mol. The van der Waals surface area contributed by atoms with E-state index >= 15 is 0 Å². The van der Waals surface area contributed by atoms with E-state index in [9.17, 15) is 4.79 Å². The molecule has 0 spiro atoms. The summed E-state index contributed by atoms with van der Waals surface area (Å²) in [5.41, 5.74) is 12.2. The van der Waals surface area contributed by atoms with Crippen molar-refractivity contribution in [1.82, 2.24) is 4.57 Å². The van der Waals surface area contributed by atoms with Crippen LogP contribution >= 0.6 is 23.2 Å². The van der Waals surface area contributed by atoms with Gasteiger partial charge in [0, 0.05) is 38.5 Å². The molecule has 1 aromatic heterocycles. The van der Waals surface area contributed by atoms with Crippen LogP contribution in [0.3, 0.4) is 0 Å². The first-order valence-corrected chi connectivity index (χ1v) is 13.3. The maximum Gasteiger partial charge on any atom is 0.249 e. The number of hydrogen-bond acceptors (Lipinski definition) is 2. The van der Waals surface area contributed by atoms with Gasteiger partial charge in [0.25, 0.3) is 0 Å². The zero-order valence-corrected chi connectivity index (χ0v) is 22.4. The number of carbonyl (C=O) groups is 1. The molecule has 2 N–H and O–H groups in total. The van der Waals surface area contributed by atoms with Gasteiger partial charge in [-0.05, 0) is 59.2 Å². The van der Waals surface area contributed by atoms with Crippen LogP contribution < -0.4 is 10.5 Å². The molecule has 0 saturated carbocycles. The number of rotatable bonds is 7. The highest BCUT2D eigenvalue weighted by atomic mass is 35.5. The summed E-state index contributed by atoms with van der Waals surface area (Å²) in [5, 5.41) is 2.94. The second kappa shape index (κ2) is 10.5. The maximum absolute atomic E-state index is 12.4. The van der Waals surface area contributed by atoms with Gasteiger partial charge in [0.15, 0.2) is 0 Å². The lowest BCUT2D eigenvalue weighted by Crippen LogP contribution is -2.11. The number of amides is 1. The summed E-state index contributed by atoms with van der Waals surface area (Å²) < 4.78 is 8.29. The van der Waals surface area contributed by atoms with Crippen LogP contribution in [0.1, 0.15) is 21.5 Å². The molecule has 0 radical (unpaired) electrons. The zero-order valence-electron chi connectivity index (χ0n) is 20.9. The number of halogens is 2. The number of benzene rings is 5. The van der Waals surface area contributed by atoms with Crippen molar-refractivity contribution in [1.29, 1.82) is 0 Å². The minimum atomic E-state index is -0.458. The molecule has 192 valence electrons. The first-order chi connectivity index (χ1) is 19.0. The lowest BCUT2D eigenvalue weighted by molar-refractivity contribution is 0.100. The van der Waals surface area contributed by atoms with E-state index in [0.29, 0.717) is 28.8 Å². The van der Waals surface area contributed by atoms with Gasteiger partial charge in [-0.25, -0.2) is 0 Å². The van der Waals surface area contributed by atoms with Gasteiger partial charge in [-0.1, -0.05) is 89.9 Å². The normalized spacial score (nSPS) is 11.2. The van der Waals surface area contributed by atoms with Gasteiger partial charge < -0.3 is 15.0 Å². The molecular weight excluding hydrogens is 527 g/mol. The third kappa shape index (κ3) is 4.97. The van der Waals surface area contributed by atoms with E-state index in [0.717, 1.165) is 49.8 Å². The topological polar surface area (TPSA) is 57.2 Å². The van der Waals surface area contributed by atoms with Crippen molar-refractivity contribution in [3.8, 4) is 16.9 Å². The average Bonchev–Trinajstić information content (AvgIpc) is 3.25. The van der Waals surface area contributed by atoms with Crippen LogP contribution in [0.15, 0.2) is 109 Å². The summed E-state index contributed by atoms with van der Waals surface area (Å²) in [5.74, 6) is 0.337. The summed E-state index contributed by atoms with van der Waals surface area (Å²) >= 11 is 12.7. The smallest absolute Gasteiger partial charge is 0.249 e.